The summed E-state index contributed by atoms with van der Waals surface area (Å²) in [4.78, 5) is 36.3. The number of amides is 2. The molecule has 2 amide bonds. The number of carbonyl (C=O) groups is 2. The molecule has 2 saturated heterocycles. The molecule has 8 heteroatoms. The third-order valence-electron chi connectivity index (χ3n) is 7.32. The third-order valence-corrected chi connectivity index (χ3v) is 8.68. The van der Waals surface area contributed by atoms with E-state index in [-0.39, 0.29) is 11.8 Å². The molecular formula is C26H27ClN4O2S. The Morgan fingerprint density at radius 2 is 1.91 bits per heavy atom. The van der Waals surface area contributed by atoms with Crippen molar-refractivity contribution >= 4 is 50.7 Å². The number of halogens is 1. The number of hydrogen-bond acceptors (Lipinski definition) is 6. The van der Waals surface area contributed by atoms with Crippen molar-refractivity contribution in [1.29, 1.82) is 0 Å². The van der Waals surface area contributed by atoms with Gasteiger partial charge in [-0.15, -0.1) is 11.3 Å². The second-order valence-electron chi connectivity index (χ2n) is 9.62. The summed E-state index contributed by atoms with van der Waals surface area (Å²) in [6.07, 6.45) is 5.82. The number of fused-ring (bicyclic) bond motifs is 2. The first-order valence-electron chi connectivity index (χ1n) is 12.0. The van der Waals surface area contributed by atoms with Gasteiger partial charge in [-0.05, 0) is 62.7 Å². The van der Waals surface area contributed by atoms with E-state index in [0.717, 1.165) is 63.7 Å². The molecule has 2 aromatic heterocycles. The van der Waals surface area contributed by atoms with Crippen molar-refractivity contribution in [2.24, 2.45) is 0 Å². The highest BCUT2D eigenvalue weighted by molar-refractivity contribution is 7.19. The van der Waals surface area contributed by atoms with E-state index in [1.54, 1.807) is 11.3 Å². The van der Waals surface area contributed by atoms with Gasteiger partial charge in [0.1, 0.15) is 0 Å². The molecule has 1 aromatic carbocycles. The molecule has 0 aliphatic carbocycles. The van der Waals surface area contributed by atoms with Crippen LogP contribution in [0, 0.1) is 0 Å². The van der Waals surface area contributed by atoms with Crippen LogP contribution in [0.1, 0.15) is 36.1 Å². The summed E-state index contributed by atoms with van der Waals surface area (Å²) in [5.41, 5.74) is 5.80. The van der Waals surface area contributed by atoms with Gasteiger partial charge in [0, 0.05) is 64.9 Å². The highest BCUT2D eigenvalue weighted by Gasteiger charge is 2.32. The van der Waals surface area contributed by atoms with Gasteiger partial charge in [0.05, 0.1) is 16.8 Å². The number of thiophene rings is 1. The van der Waals surface area contributed by atoms with Crippen LogP contribution in [-0.2, 0) is 22.6 Å². The van der Waals surface area contributed by atoms with Crippen molar-refractivity contribution in [2.45, 2.75) is 44.7 Å². The van der Waals surface area contributed by atoms with Gasteiger partial charge in [0.2, 0.25) is 11.8 Å². The molecule has 6 nitrogen and oxygen atoms in total. The quantitative estimate of drug-likeness (QED) is 0.491. The van der Waals surface area contributed by atoms with Crippen molar-refractivity contribution in [3.8, 4) is 11.1 Å². The minimum absolute atomic E-state index is 0.0864. The summed E-state index contributed by atoms with van der Waals surface area (Å²) in [5, 5.41) is 0.758. The Hall–Kier alpha value is -2.48. The lowest BCUT2D eigenvalue weighted by Gasteiger charge is -2.38. The molecule has 6 rings (SSSR count). The number of hydrogen-bond donors (Lipinski definition) is 0. The normalized spacial score (nSPS) is 21.2. The summed E-state index contributed by atoms with van der Waals surface area (Å²) in [5.74, 6) is -0.173. The lowest BCUT2D eigenvalue weighted by molar-refractivity contribution is -0.138. The monoisotopic (exact) mass is 494 g/mol. The summed E-state index contributed by atoms with van der Waals surface area (Å²) in [6.45, 7) is 3.59. The highest BCUT2D eigenvalue weighted by atomic mass is 35.5. The van der Waals surface area contributed by atoms with Gasteiger partial charge in [0.15, 0.2) is 0 Å². The van der Waals surface area contributed by atoms with Crippen molar-refractivity contribution in [1.82, 2.24) is 14.8 Å². The molecule has 0 spiro atoms. The van der Waals surface area contributed by atoms with E-state index in [1.165, 1.54) is 22.6 Å². The molecule has 0 saturated carbocycles. The van der Waals surface area contributed by atoms with Gasteiger partial charge in [0.25, 0.3) is 0 Å². The topological polar surface area (TPSA) is 56.8 Å². The average Bonchev–Trinajstić information content (AvgIpc) is 3.52. The molecule has 3 aromatic rings. The van der Waals surface area contributed by atoms with E-state index in [0.29, 0.717) is 25.4 Å². The number of aryl methyl sites for hydroxylation is 1. The molecule has 1 atom stereocenters. The fourth-order valence-electron chi connectivity index (χ4n) is 5.71. The fraction of sp³-hybridized carbons (Fsp3) is 0.423. The molecule has 5 heterocycles. The SMILES string of the molecule is CN1CCC(N2CCCc3cc(Cl)cc(-c4ccnc5cc(CN6C(=O)CCC6=O)sc45)c32)C1. The maximum Gasteiger partial charge on any atom is 0.230 e. The number of likely N-dealkylation sites (N-methyl/N-ethyl adjacent to an activating group) is 1. The molecule has 0 bridgehead atoms. The van der Waals surface area contributed by atoms with E-state index in [4.69, 9.17) is 11.6 Å². The summed E-state index contributed by atoms with van der Waals surface area (Å²) < 4.78 is 1.08. The Kier molecular flexibility index (Phi) is 5.59. The van der Waals surface area contributed by atoms with Crippen LogP contribution in [0.15, 0.2) is 30.5 Å². The zero-order valence-electron chi connectivity index (χ0n) is 19.2. The van der Waals surface area contributed by atoms with Crippen LogP contribution in [0.2, 0.25) is 5.02 Å². The number of rotatable bonds is 4. The number of anilines is 1. The standard InChI is InChI=1S/C26H27ClN4O2S/c1-29-10-7-18(14-29)30-9-2-3-16-11-17(27)12-21(25(16)30)20-6-8-28-22-13-19(34-26(20)22)15-31-23(32)4-5-24(31)33/h6,8,11-13,18H,2-5,7,9-10,14-15H2,1H3. The van der Waals surface area contributed by atoms with E-state index in [2.05, 4.69) is 40.0 Å². The van der Waals surface area contributed by atoms with Gasteiger partial charge in [-0.2, -0.15) is 0 Å². The third kappa shape index (κ3) is 3.80. The lowest BCUT2D eigenvalue weighted by atomic mass is 9.92. The first kappa shape index (κ1) is 22.0. The zero-order valence-corrected chi connectivity index (χ0v) is 20.8. The van der Waals surface area contributed by atoms with Crippen LogP contribution in [0.3, 0.4) is 0 Å². The predicted molar refractivity (Wildman–Crippen MR) is 136 cm³/mol. The number of aromatic nitrogens is 1. The maximum atomic E-state index is 12.1. The van der Waals surface area contributed by atoms with Gasteiger partial charge in [-0.1, -0.05) is 11.6 Å². The summed E-state index contributed by atoms with van der Waals surface area (Å²) >= 11 is 8.27. The van der Waals surface area contributed by atoms with Gasteiger partial charge < -0.3 is 9.80 Å². The first-order valence-corrected chi connectivity index (χ1v) is 13.2. The van der Waals surface area contributed by atoms with Gasteiger partial charge >= 0.3 is 0 Å². The van der Waals surface area contributed by atoms with Crippen LogP contribution >= 0.6 is 22.9 Å². The van der Waals surface area contributed by atoms with E-state index < -0.39 is 0 Å². The van der Waals surface area contributed by atoms with Crippen molar-refractivity contribution < 1.29 is 9.59 Å². The Labute approximate surface area is 208 Å². The molecule has 2 fully saturated rings. The van der Waals surface area contributed by atoms with Crippen molar-refractivity contribution in [2.75, 3.05) is 31.6 Å². The van der Waals surface area contributed by atoms with Crippen LogP contribution in [-0.4, -0.2) is 59.3 Å². The average molecular weight is 495 g/mol. The summed E-state index contributed by atoms with van der Waals surface area (Å²) in [6, 6.07) is 8.83. The fourth-order valence-corrected chi connectivity index (χ4v) is 7.08. The largest absolute Gasteiger partial charge is 0.366 e. The summed E-state index contributed by atoms with van der Waals surface area (Å²) in [7, 11) is 2.20. The van der Waals surface area contributed by atoms with Crippen LogP contribution < -0.4 is 4.90 Å². The highest BCUT2D eigenvalue weighted by Crippen LogP contribution is 2.45. The predicted octanol–water partition coefficient (Wildman–Crippen LogP) is 4.72. The van der Waals surface area contributed by atoms with E-state index >= 15 is 0 Å². The Morgan fingerprint density at radius 3 is 2.68 bits per heavy atom. The molecule has 0 N–H and O–H groups in total. The minimum Gasteiger partial charge on any atom is -0.366 e. The molecule has 0 radical (unpaired) electrons. The number of likely N-dealkylation sites (tertiary alicyclic amines) is 2. The lowest BCUT2D eigenvalue weighted by Crippen LogP contribution is -2.41. The number of benzene rings is 1. The van der Waals surface area contributed by atoms with Crippen LogP contribution in [0.25, 0.3) is 21.3 Å². The van der Waals surface area contributed by atoms with Gasteiger partial charge in [-0.3, -0.25) is 19.5 Å². The van der Waals surface area contributed by atoms with Crippen molar-refractivity contribution in [3.63, 3.8) is 0 Å². The second-order valence-corrected chi connectivity index (χ2v) is 11.2. The molecule has 1 unspecified atom stereocenters. The molecule has 3 aliphatic heterocycles. The molecule has 3 aliphatic rings. The van der Waals surface area contributed by atoms with Crippen LogP contribution in [0.4, 0.5) is 5.69 Å². The Balaban J connectivity index is 1.45. The number of carbonyl (C=O) groups excluding carboxylic acids is 2. The Morgan fingerprint density at radius 1 is 1.09 bits per heavy atom. The number of imide groups is 1. The number of pyridine rings is 1. The zero-order chi connectivity index (χ0) is 23.4. The maximum absolute atomic E-state index is 12.1. The smallest absolute Gasteiger partial charge is 0.230 e. The van der Waals surface area contributed by atoms with E-state index in [9.17, 15) is 9.59 Å². The van der Waals surface area contributed by atoms with E-state index in [1.807, 2.05) is 12.3 Å². The second kappa shape index (κ2) is 8.63. The molecule has 176 valence electrons. The first-order chi connectivity index (χ1) is 16.5. The minimum atomic E-state index is -0.0864. The van der Waals surface area contributed by atoms with Crippen molar-refractivity contribution in [3.05, 3.63) is 45.9 Å². The molecular weight excluding hydrogens is 468 g/mol. The molecule has 34 heavy (non-hydrogen) atoms. The number of nitrogens with zero attached hydrogens (tertiary/aromatic N) is 4. The Bertz CT molecular complexity index is 1290. The van der Waals surface area contributed by atoms with Crippen LogP contribution in [0.5, 0.6) is 0 Å². The van der Waals surface area contributed by atoms with Gasteiger partial charge in [-0.25, -0.2) is 0 Å².